The summed E-state index contributed by atoms with van der Waals surface area (Å²) in [4.78, 5) is 12.4. The van der Waals surface area contributed by atoms with E-state index in [2.05, 4.69) is 5.32 Å². The summed E-state index contributed by atoms with van der Waals surface area (Å²) >= 11 is 0. The topological polar surface area (TPSA) is 47.6 Å². The van der Waals surface area contributed by atoms with Gasteiger partial charge in [0.15, 0.2) is 6.10 Å². The van der Waals surface area contributed by atoms with E-state index in [0.29, 0.717) is 31.1 Å². The minimum Gasteiger partial charge on any atom is -0.492 e. The lowest BCUT2D eigenvalue weighted by Gasteiger charge is -2.18. The lowest BCUT2D eigenvalue weighted by Crippen LogP contribution is -2.39. The van der Waals surface area contributed by atoms with Crippen LogP contribution in [0.2, 0.25) is 0 Å². The fourth-order valence-corrected chi connectivity index (χ4v) is 2.76. The monoisotopic (exact) mass is 367 g/mol. The average molecular weight is 367 g/mol. The Labute approximate surface area is 157 Å². The van der Waals surface area contributed by atoms with Gasteiger partial charge >= 0.3 is 0 Å². The highest BCUT2D eigenvalue weighted by Gasteiger charge is 2.18. The SMILES string of the molecule is CCC(Oc1cccc2ccccc12)C(=O)NCCOc1ccc(F)cc1. The van der Waals surface area contributed by atoms with Crippen molar-refractivity contribution in [1.82, 2.24) is 5.32 Å². The van der Waals surface area contributed by atoms with Crippen molar-refractivity contribution in [1.29, 1.82) is 0 Å². The van der Waals surface area contributed by atoms with E-state index in [1.165, 1.54) is 12.1 Å². The normalized spacial score (nSPS) is 11.8. The van der Waals surface area contributed by atoms with E-state index < -0.39 is 6.10 Å². The molecule has 0 bridgehead atoms. The number of carbonyl (C=O) groups excluding carboxylic acids is 1. The van der Waals surface area contributed by atoms with Gasteiger partial charge in [0, 0.05) is 5.39 Å². The first-order valence-electron chi connectivity index (χ1n) is 8.98. The number of benzene rings is 3. The van der Waals surface area contributed by atoms with Crippen LogP contribution in [-0.2, 0) is 4.79 Å². The number of carbonyl (C=O) groups is 1. The van der Waals surface area contributed by atoms with Gasteiger partial charge in [0.25, 0.3) is 5.91 Å². The standard InChI is InChI=1S/C22H22FNO3/c1-2-20(27-21-9-5-7-16-6-3-4-8-19(16)21)22(25)24-14-15-26-18-12-10-17(23)11-13-18/h3-13,20H,2,14-15H2,1H3,(H,24,25). The number of hydrogen-bond donors (Lipinski definition) is 1. The van der Waals surface area contributed by atoms with Crippen molar-refractivity contribution in [2.24, 2.45) is 0 Å². The molecular formula is C22H22FNO3. The Morgan fingerprint density at radius 1 is 1.04 bits per heavy atom. The smallest absolute Gasteiger partial charge is 0.261 e. The maximum Gasteiger partial charge on any atom is 0.261 e. The van der Waals surface area contributed by atoms with Gasteiger partial charge in [0.2, 0.25) is 0 Å². The van der Waals surface area contributed by atoms with Crippen LogP contribution in [0.4, 0.5) is 4.39 Å². The predicted octanol–water partition coefficient (Wildman–Crippen LogP) is 4.33. The quantitative estimate of drug-likeness (QED) is 0.603. The summed E-state index contributed by atoms with van der Waals surface area (Å²) in [5, 5.41) is 4.87. The summed E-state index contributed by atoms with van der Waals surface area (Å²) in [7, 11) is 0. The molecule has 0 saturated heterocycles. The number of rotatable bonds is 8. The number of amides is 1. The second kappa shape index (κ2) is 9.03. The number of nitrogens with one attached hydrogen (secondary N) is 1. The van der Waals surface area contributed by atoms with Gasteiger partial charge in [-0.25, -0.2) is 4.39 Å². The molecule has 140 valence electrons. The fraction of sp³-hybridized carbons (Fsp3) is 0.227. The van der Waals surface area contributed by atoms with Gasteiger partial charge in [-0.05, 0) is 42.1 Å². The van der Waals surface area contributed by atoms with E-state index >= 15 is 0 Å². The van der Waals surface area contributed by atoms with Gasteiger partial charge in [-0.3, -0.25) is 4.79 Å². The van der Waals surface area contributed by atoms with Crippen LogP contribution in [0, 0.1) is 5.82 Å². The van der Waals surface area contributed by atoms with Crippen LogP contribution < -0.4 is 14.8 Å². The van der Waals surface area contributed by atoms with Crippen LogP contribution in [0.25, 0.3) is 10.8 Å². The Kier molecular flexibility index (Phi) is 6.26. The first-order chi connectivity index (χ1) is 13.2. The Hall–Kier alpha value is -3.08. The van der Waals surface area contributed by atoms with Crippen LogP contribution >= 0.6 is 0 Å². The predicted molar refractivity (Wildman–Crippen MR) is 104 cm³/mol. The molecule has 1 amide bonds. The maximum absolute atomic E-state index is 12.9. The highest BCUT2D eigenvalue weighted by Crippen LogP contribution is 2.26. The molecule has 3 rings (SSSR count). The minimum absolute atomic E-state index is 0.187. The first-order valence-corrected chi connectivity index (χ1v) is 8.98. The van der Waals surface area contributed by atoms with Gasteiger partial charge in [0.05, 0.1) is 6.54 Å². The molecule has 0 aliphatic heterocycles. The third-order valence-corrected chi connectivity index (χ3v) is 4.17. The average Bonchev–Trinajstić information content (AvgIpc) is 2.70. The molecule has 1 N–H and O–H groups in total. The molecule has 27 heavy (non-hydrogen) atoms. The molecule has 0 saturated carbocycles. The molecular weight excluding hydrogens is 345 g/mol. The molecule has 0 fully saturated rings. The summed E-state index contributed by atoms with van der Waals surface area (Å²) in [5.74, 6) is 0.752. The first kappa shape index (κ1) is 18.7. The van der Waals surface area contributed by atoms with Crippen molar-refractivity contribution in [2.45, 2.75) is 19.4 Å². The van der Waals surface area contributed by atoms with Crippen LogP contribution in [0.3, 0.4) is 0 Å². The highest BCUT2D eigenvalue weighted by molar-refractivity contribution is 5.89. The fourth-order valence-electron chi connectivity index (χ4n) is 2.76. The third kappa shape index (κ3) is 4.97. The van der Waals surface area contributed by atoms with Crippen LogP contribution in [0.15, 0.2) is 66.7 Å². The molecule has 0 aliphatic rings. The van der Waals surface area contributed by atoms with E-state index in [-0.39, 0.29) is 11.7 Å². The van der Waals surface area contributed by atoms with Crippen molar-refractivity contribution in [2.75, 3.05) is 13.2 Å². The van der Waals surface area contributed by atoms with Gasteiger partial charge in [-0.15, -0.1) is 0 Å². The number of ether oxygens (including phenoxy) is 2. The molecule has 1 atom stereocenters. The molecule has 1 unspecified atom stereocenters. The van der Waals surface area contributed by atoms with Crippen molar-refractivity contribution < 1.29 is 18.7 Å². The van der Waals surface area contributed by atoms with Gasteiger partial charge in [-0.1, -0.05) is 43.3 Å². The third-order valence-electron chi connectivity index (χ3n) is 4.17. The summed E-state index contributed by atoms with van der Waals surface area (Å²) in [6.45, 7) is 2.54. The van der Waals surface area contributed by atoms with Crippen LogP contribution in [0.1, 0.15) is 13.3 Å². The molecule has 3 aromatic rings. The molecule has 0 spiro atoms. The largest absolute Gasteiger partial charge is 0.492 e. The molecule has 4 nitrogen and oxygen atoms in total. The Morgan fingerprint density at radius 2 is 1.78 bits per heavy atom. The van der Waals surface area contributed by atoms with Crippen LogP contribution in [0.5, 0.6) is 11.5 Å². The zero-order chi connectivity index (χ0) is 19.1. The molecule has 0 heterocycles. The molecule has 0 aromatic heterocycles. The van der Waals surface area contributed by atoms with E-state index in [1.54, 1.807) is 12.1 Å². The number of fused-ring (bicyclic) bond motifs is 1. The zero-order valence-electron chi connectivity index (χ0n) is 15.2. The van der Waals surface area contributed by atoms with E-state index in [9.17, 15) is 9.18 Å². The van der Waals surface area contributed by atoms with E-state index in [4.69, 9.17) is 9.47 Å². The summed E-state index contributed by atoms with van der Waals surface area (Å²) in [5.41, 5.74) is 0. The van der Waals surface area contributed by atoms with E-state index in [0.717, 1.165) is 10.8 Å². The van der Waals surface area contributed by atoms with E-state index in [1.807, 2.05) is 49.4 Å². The summed E-state index contributed by atoms with van der Waals surface area (Å²) in [6, 6.07) is 19.5. The van der Waals surface area contributed by atoms with Crippen molar-refractivity contribution in [3.63, 3.8) is 0 Å². The van der Waals surface area contributed by atoms with Crippen molar-refractivity contribution in [3.05, 3.63) is 72.5 Å². The van der Waals surface area contributed by atoms with Gasteiger partial charge < -0.3 is 14.8 Å². The second-order valence-corrected chi connectivity index (χ2v) is 6.09. The van der Waals surface area contributed by atoms with Gasteiger partial charge in [-0.2, -0.15) is 0 Å². The van der Waals surface area contributed by atoms with Crippen molar-refractivity contribution in [3.8, 4) is 11.5 Å². The lowest BCUT2D eigenvalue weighted by atomic mass is 10.1. The number of hydrogen-bond acceptors (Lipinski definition) is 3. The molecule has 0 aliphatic carbocycles. The lowest BCUT2D eigenvalue weighted by molar-refractivity contribution is -0.128. The Bertz CT molecular complexity index is 890. The van der Waals surface area contributed by atoms with Crippen molar-refractivity contribution >= 4 is 16.7 Å². The number of halogens is 1. The van der Waals surface area contributed by atoms with Gasteiger partial charge in [0.1, 0.15) is 23.9 Å². The Balaban J connectivity index is 1.53. The minimum atomic E-state index is -0.582. The summed E-state index contributed by atoms with van der Waals surface area (Å²) < 4.78 is 24.3. The zero-order valence-corrected chi connectivity index (χ0v) is 15.2. The second-order valence-electron chi connectivity index (χ2n) is 6.09. The Morgan fingerprint density at radius 3 is 2.56 bits per heavy atom. The van der Waals surface area contributed by atoms with Crippen LogP contribution in [-0.4, -0.2) is 25.2 Å². The summed E-state index contributed by atoms with van der Waals surface area (Å²) in [6.07, 6.45) is -0.0323. The maximum atomic E-state index is 12.9. The molecule has 0 radical (unpaired) electrons. The molecule has 5 heteroatoms. The molecule has 3 aromatic carbocycles. The highest BCUT2D eigenvalue weighted by atomic mass is 19.1.